The largest absolute Gasteiger partial charge is 0.489 e. The van der Waals surface area contributed by atoms with Crippen molar-refractivity contribution in [1.29, 1.82) is 0 Å². The Bertz CT molecular complexity index is 1140. The molecule has 4 atom stereocenters. The molecule has 0 radical (unpaired) electrons. The van der Waals surface area contributed by atoms with Crippen LogP contribution in [0, 0.1) is 24.7 Å². The van der Waals surface area contributed by atoms with E-state index in [0.717, 1.165) is 18.8 Å². The van der Waals surface area contributed by atoms with Gasteiger partial charge in [-0.15, -0.1) is 5.10 Å². The molecule has 0 aromatic carbocycles. The van der Waals surface area contributed by atoms with Gasteiger partial charge in [-0.3, -0.25) is 0 Å². The number of ether oxygens (including phenoxy) is 1. The summed E-state index contributed by atoms with van der Waals surface area (Å²) in [6, 6.07) is 6.21. The lowest BCUT2D eigenvalue weighted by molar-refractivity contribution is 0.00294. The number of hydrogen-bond donors (Lipinski definition) is 1. The lowest BCUT2D eigenvalue weighted by Gasteiger charge is -2.38. The van der Waals surface area contributed by atoms with Gasteiger partial charge < -0.3 is 15.0 Å². The second-order valence-electron chi connectivity index (χ2n) is 9.83. The fraction of sp³-hybridized carbons (Fsp3) is 0.609. The van der Waals surface area contributed by atoms with E-state index in [1.54, 1.807) is 16.0 Å². The lowest BCUT2D eigenvalue weighted by Crippen LogP contribution is -2.48. The molecule has 2 saturated carbocycles. The van der Waals surface area contributed by atoms with Crippen LogP contribution >= 0.6 is 11.5 Å². The van der Waals surface area contributed by atoms with Gasteiger partial charge in [0.25, 0.3) is 0 Å². The number of alkyl halides is 2. The molecule has 0 spiro atoms. The van der Waals surface area contributed by atoms with Gasteiger partial charge in [-0.05, 0) is 73.7 Å². The van der Waals surface area contributed by atoms with Crippen molar-refractivity contribution in [3.8, 4) is 5.75 Å². The van der Waals surface area contributed by atoms with Crippen LogP contribution in [0.3, 0.4) is 0 Å². The molecule has 2 aliphatic carbocycles. The number of rotatable bonds is 6. The second kappa shape index (κ2) is 8.07. The minimum absolute atomic E-state index is 0.0476. The van der Waals surface area contributed by atoms with E-state index in [1.165, 1.54) is 17.8 Å². The van der Waals surface area contributed by atoms with Gasteiger partial charge >= 0.3 is 0 Å². The number of aromatic nitrogens is 4. The first-order valence-electron chi connectivity index (χ1n) is 11.7. The first-order valence-corrected chi connectivity index (χ1v) is 12.5. The summed E-state index contributed by atoms with van der Waals surface area (Å²) in [4.78, 5) is 7.18. The first kappa shape index (κ1) is 21.1. The van der Waals surface area contributed by atoms with Crippen LogP contribution < -0.4 is 15.0 Å². The molecule has 7 nitrogen and oxygen atoms in total. The minimum Gasteiger partial charge on any atom is -0.489 e. The number of nitrogens with zero attached hydrogens (tertiary/aromatic N) is 5. The molecule has 2 bridgehead atoms. The summed E-state index contributed by atoms with van der Waals surface area (Å²) < 4.78 is 39.1. The molecule has 3 fully saturated rings. The van der Waals surface area contributed by atoms with E-state index in [9.17, 15) is 8.78 Å². The third-order valence-electron chi connectivity index (χ3n) is 7.36. The van der Waals surface area contributed by atoms with Crippen molar-refractivity contribution in [2.24, 2.45) is 17.8 Å². The quantitative estimate of drug-likeness (QED) is 0.562. The molecule has 33 heavy (non-hydrogen) atoms. The van der Waals surface area contributed by atoms with E-state index in [1.807, 2.05) is 25.3 Å². The fourth-order valence-electron chi connectivity index (χ4n) is 5.73. The summed E-state index contributed by atoms with van der Waals surface area (Å²) in [5.74, 6) is -0.409. The summed E-state index contributed by atoms with van der Waals surface area (Å²) in [6.45, 7) is 4.36. The minimum atomic E-state index is -2.56. The Morgan fingerprint density at radius 2 is 2.06 bits per heavy atom. The molecule has 3 aliphatic rings. The Kier molecular flexibility index (Phi) is 5.15. The van der Waals surface area contributed by atoms with Crippen molar-refractivity contribution in [3.63, 3.8) is 0 Å². The van der Waals surface area contributed by atoms with Crippen LogP contribution in [0.4, 0.5) is 19.7 Å². The van der Waals surface area contributed by atoms with Crippen molar-refractivity contribution in [2.45, 2.75) is 51.0 Å². The molecule has 4 heterocycles. The summed E-state index contributed by atoms with van der Waals surface area (Å²) in [7, 11) is 0. The van der Waals surface area contributed by atoms with Gasteiger partial charge in [0.2, 0.25) is 11.9 Å². The smallest absolute Gasteiger partial charge is 0.248 e. The monoisotopic (exact) mass is 474 g/mol. The summed E-state index contributed by atoms with van der Waals surface area (Å²) in [6.07, 6.45) is 4.59. The molecule has 6 rings (SSSR count). The number of piperidine rings is 1. The standard InChI is InChI=1S/C23H28F2N6OS/c1-14-9-19(33-29-14)30-11-16-4-5-17(12-30)20(16)26-22-27-21-18(3-2-8-31(21)28-22)32-13-15-6-7-23(24,25)10-15/h2-3,8-9,15-17,20H,4-7,10-13H2,1H3,(H,26,28)/t15?,16-,17+,20?. The summed E-state index contributed by atoms with van der Waals surface area (Å²) >= 11 is 1.58. The van der Waals surface area contributed by atoms with Gasteiger partial charge in [0.1, 0.15) is 5.00 Å². The number of pyridine rings is 1. The van der Waals surface area contributed by atoms with Crippen LogP contribution in [-0.4, -0.2) is 50.6 Å². The summed E-state index contributed by atoms with van der Waals surface area (Å²) in [5, 5.41) is 9.49. The second-order valence-corrected chi connectivity index (χ2v) is 10.6. The molecule has 1 saturated heterocycles. The number of fused-ring (bicyclic) bond motifs is 3. The molecule has 3 aromatic rings. The van der Waals surface area contributed by atoms with Gasteiger partial charge in [-0.2, -0.15) is 9.36 Å². The maximum Gasteiger partial charge on any atom is 0.248 e. The van der Waals surface area contributed by atoms with E-state index in [-0.39, 0.29) is 25.4 Å². The molecular weight excluding hydrogens is 446 g/mol. The Labute approximate surface area is 195 Å². The normalized spacial score (nSPS) is 28.5. The SMILES string of the molecule is Cc1cc(N2C[C@H]3CC[C@@H](C2)C3Nc2nc3c(OCC4CCC(F)(F)C4)cccn3n2)sn1. The highest BCUT2D eigenvalue weighted by molar-refractivity contribution is 7.10. The lowest BCUT2D eigenvalue weighted by atomic mass is 9.92. The Balaban J connectivity index is 1.14. The van der Waals surface area contributed by atoms with Crippen molar-refractivity contribution < 1.29 is 13.5 Å². The van der Waals surface area contributed by atoms with E-state index >= 15 is 0 Å². The molecule has 3 aromatic heterocycles. The van der Waals surface area contributed by atoms with Crippen LogP contribution in [0.1, 0.15) is 37.8 Å². The van der Waals surface area contributed by atoms with Gasteiger partial charge in [0.15, 0.2) is 11.4 Å². The number of hydrogen-bond acceptors (Lipinski definition) is 7. The first-order chi connectivity index (χ1) is 15.9. The van der Waals surface area contributed by atoms with Gasteiger partial charge in [0, 0.05) is 38.2 Å². The molecule has 0 amide bonds. The molecule has 1 N–H and O–H groups in total. The van der Waals surface area contributed by atoms with Crippen molar-refractivity contribution in [3.05, 3.63) is 30.1 Å². The van der Waals surface area contributed by atoms with Gasteiger partial charge in [-0.25, -0.2) is 13.3 Å². The topological polar surface area (TPSA) is 67.6 Å². The average Bonchev–Trinajstić information content (AvgIpc) is 3.53. The summed E-state index contributed by atoms with van der Waals surface area (Å²) in [5.41, 5.74) is 1.70. The third kappa shape index (κ3) is 4.13. The van der Waals surface area contributed by atoms with Gasteiger partial charge in [0.05, 0.1) is 12.3 Å². The Morgan fingerprint density at radius 1 is 1.24 bits per heavy atom. The third-order valence-corrected chi connectivity index (χ3v) is 8.31. The highest BCUT2D eigenvalue weighted by atomic mass is 32.1. The number of anilines is 2. The van der Waals surface area contributed by atoms with E-state index in [2.05, 4.69) is 25.8 Å². The van der Waals surface area contributed by atoms with Crippen LogP contribution in [0.15, 0.2) is 24.4 Å². The van der Waals surface area contributed by atoms with Crippen molar-refractivity contribution in [2.75, 3.05) is 29.9 Å². The number of nitrogens with one attached hydrogen (secondary N) is 1. The molecule has 176 valence electrons. The number of halogens is 2. The zero-order chi connectivity index (χ0) is 22.6. The van der Waals surface area contributed by atoms with Crippen molar-refractivity contribution in [1.82, 2.24) is 19.0 Å². The average molecular weight is 475 g/mol. The van der Waals surface area contributed by atoms with E-state index in [4.69, 9.17) is 9.72 Å². The van der Waals surface area contributed by atoms with Gasteiger partial charge in [-0.1, -0.05) is 0 Å². The Morgan fingerprint density at radius 3 is 2.76 bits per heavy atom. The number of aryl methyl sites for hydroxylation is 1. The van der Waals surface area contributed by atoms with E-state index in [0.29, 0.717) is 41.6 Å². The van der Waals surface area contributed by atoms with Crippen molar-refractivity contribution >= 4 is 28.1 Å². The van der Waals surface area contributed by atoms with Crippen LogP contribution in [0.5, 0.6) is 5.75 Å². The van der Waals surface area contributed by atoms with Crippen LogP contribution in [0.25, 0.3) is 5.65 Å². The molecular formula is C23H28F2N6OS. The van der Waals surface area contributed by atoms with E-state index < -0.39 is 5.92 Å². The van der Waals surface area contributed by atoms with Crippen LogP contribution in [-0.2, 0) is 0 Å². The Hall–Kier alpha value is -2.49. The van der Waals surface area contributed by atoms with Crippen LogP contribution in [0.2, 0.25) is 0 Å². The zero-order valence-corrected chi connectivity index (χ0v) is 19.4. The predicted molar refractivity (Wildman–Crippen MR) is 123 cm³/mol. The molecule has 2 unspecified atom stereocenters. The predicted octanol–water partition coefficient (Wildman–Crippen LogP) is 4.64. The highest BCUT2D eigenvalue weighted by Gasteiger charge is 2.43. The maximum absolute atomic E-state index is 13.5. The molecule has 1 aliphatic heterocycles. The maximum atomic E-state index is 13.5. The molecule has 10 heteroatoms. The zero-order valence-electron chi connectivity index (χ0n) is 18.6. The highest BCUT2D eigenvalue weighted by Crippen LogP contribution is 2.41. The fourth-order valence-corrected chi connectivity index (χ4v) is 6.51.